The summed E-state index contributed by atoms with van der Waals surface area (Å²) < 4.78 is 44.5. The van der Waals surface area contributed by atoms with Crippen LogP contribution in [0.2, 0.25) is 0 Å². The van der Waals surface area contributed by atoms with E-state index in [-0.39, 0.29) is 18.9 Å². The largest absolute Gasteiger partial charge is 0.471 e. The van der Waals surface area contributed by atoms with E-state index in [1.54, 1.807) is 41.4 Å². The van der Waals surface area contributed by atoms with Crippen molar-refractivity contribution in [3.63, 3.8) is 0 Å². The summed E-state index contributed by atoms with van der Waals surface area (Å²) in [4.78, 5) is 25.5. The van der Waals surface area contributed by atoms with E-state index >= 15 is 0 Å². The normalized spacial score (nSPS) is 18.9. The molecule has 0 aliphatic carbocycles. The summed E-state index contributed by atoms with van der Waals surface area (Å²) >= 11 is 0. The summed E-state index contributed by atoms with van der Waals surface area (Å²) in [7, 11) is 3.58. The van der Waals surface area contributed by atoms with Gasteiger partial charge in [0.2, 0.25) is 0 Å². The molecule has 0 aromatic carbocycles. The highest BCUT2D eigenvalue weighted by molar-refractivity contribution is 5.93. The first kappa shape index (κ1) is 22.5. The van der Waals surface area contributed by atoms with Crippen LogP contribution in [-0.4, -0.2) is 76.3 Å². The summed E-state index contributed by atoms with van der Waals surface area (Å²) in [6.45, 7) is -0.587. The molecule has 1 aliphatic rings. The van der Waals surface area contributed by atoms with Crippen LogP contribution in [-0.2, 0) is 9.53 Å². The molecule has 0 saturated carbocycles. The van der Waals surface area contributed by atoms with E-state index in [0.717, 1.165) is 0 Å². The number of hydrogen-bond acceptors (Lipinski definition) is 6. The van der Waals surface area contributed by atoms with Gasteiger partial charge in [-0.2, -0.15) is 13.2 Å². The molecular formula is C19H21F3N6O3. The molecule has 9 nitrogen and oxygen atoms in total. The first-order chi connectivity index (χ1) is 14.7. The highest BCUT2D eigenvalue weighted by atomic mass is 19.4. The Morgan fingerprint density at radius 3 is 2.87 bits per heavy atom. The fourth-order valence-corrected chi connectivity index (χ4v) is 3.04. The van der Waals surface area contributed by atoms with Crippen molar-refractivity contribution in [1.29, 1.82) is 0 Å². The van der Waals surface area contributed by atoms with Crippen molar-refractivity contribution in [2.45, 2.75) is 31.3 Å². The van der Waals surface area contributed by atoms with E-state index in [0.29, 0.717) is 35.3 Å². The maximum absolute atomic E-state index is 12.3. The van der Waals surface area contributed by atoms with Gasteiger partial charge in [-0.15, -0.1) is 0 Å². The quantitative estimate of drug-likeness (QED) is 0.415. The maximum Gasteiger partial charge on any atom is 0.471 e. The monoisotopic (exact) mass is 438 g/mol. The van der Waals surface area contributed by atoms with Gasteiger partial charge < -0.3 is 24.6 Å². The number of hydrogen-bond donors (Lipinski definition) is 2. The Morgan fingerprint density at radius 1 is 1.45 bits per heavy atom. The number of aliphatic imine (C=N–C) groups is 1. The lowest BCUT2D eigenvalue weighted by atomic mass is 10.2. The van der Waals surface area contributed by atoms with Gasteiger partial charge in [0.15, 0.2) is 5.82 Å². The van der Waals surface area contributed by atoms with Crippen LogP contribution in [0.25, 0.3) is 11.0 Å². The number of aliphatic hydroxyl groups is 1. The van der Waals surface area contributed by atoms with Gasteiger partial charge in [0.05, 0.1) is 36.5 Å². The van der Waals surface area contributed by atoms with Gasteiger partial charge in [0.25, 0.3) is 0 Å². The van der Waals surface area contributed by atoms with Crippen LogP contribution in [0.1, 0.15) is 24.6 Å². The first-order valence-corrected chi connectivity index (χ1v) is 9.37. The van der Waals surface area contributed by atoms with E-state index < -0.39 is 18.6 Å². The molecule has 2 aromatic heterocycles. The molecule has 3 heterocycles. The van der Waals surface area contributed by atoms with Gasteiger partial charge in [0, 0.05) is 20.3 Å². The SMILES string of the molecule is CN(C)C=Nc1ncnc2c1c(C#CCNC(=O)C(F)(F)F)cn2[C@H]1CCC(CO)O1. The molecule has 3 rings (SSSR count). The number of aromatic nitrogens is 3. The Hall–Kier alpha value is -3.17. The third kappa shape index (κ3) is 5.31. The molecule has 1 aliphatic heterocycles. The standard InChI is InChI=1S/C19H21F3N6O3/c1-27(2)11-26-16-15-12(4-3-7-23-18(30)19(20,21)22)8-28(17(15)25-10-24-16)14-6-5-13(9-29)31-14/h8,10-11,13-14,29H,5-7,9H2,1-2H3,(H,23,30)/t13?,14-/m1/s1. The number of aliphatic hydroxyl groups excluding tert-OH is 1. The molecule has 0 radical (unpaired) electrons. The summed E-state index contributed by atoms with van der Waals surface area (Å²) in [6.07, 6.45) is 0.225. The van der Waals surface area contributed by atoms with E-state index in [4.69, 9.17) is 4.74 Å². The second kappa shape index (κ2) is 9.32. The number of nitrogens with zero attached hydrogens (tertiary/aromatic N) is 5. The van der Waals surface area contributed by atoms with Crippen molar-refractivity contribution >= 4 is 29.1 Å². The van der Waals surface area contributed by atoms with Crippen LogP contribution < -0.4 is 5.32 Å². The van der Waals surface area contributed by atoms with Gasteiger partial charge in [-0.25, -0.2) is 15.0 Å². The lowest BCUT2D eigenvalue weighted by Crippen LogP contribution is -2.36. The van der Waals surface area contributed by atoms with Crippen molar-refractivity contribution < 1.29 is 27.8 Å². The summed E-state index contributed by atoms with van der Waals surface area (Å²) in [5.41, 5.74) is 0.923. The number of amides is 1. The number of halogens is 3. The minimum Gasteiger partial charge on any atom is -0.394 e. The highest BCUT2D eigenvalue weighted by Gasteiger charge is 2.38. The van der Waals surface area contributed by atoms with Crippen molar-refractivity contribution in [1.82, 2.24) is 24.8 Å². The average Bonchev–Trinajstić information content (AvgIpc) is 3.33. The predicted molar refractivity (Wildman–Crippen MR) is 106 cm³/mol. The summed E-state index contributed by atoms with van der Waals surface area (Å²) in [6, 6.07) is 0. The molecule has 12 heteroatoms. The lowest BCUT2D eigenvalue weighted by Gasteiger charge is -2.14. The Kier molecular flexibility index (Phi) is 6.77. The molecule has 2 aromatic rings. The van der Waals surface area contributed by atoms with E-state index in [1.165, 1.54) is 6.33 Å². The number of fused-ring (bicyclic) bond motifs is 1. The Morgan fingerprint density at radius 2 is 2.23 bits per heavy atom. The van der Waals surface area contributed by atoms with Crippen molar-refractivity contribution in [2.75, 3.05) is 27.2 Å². The molecule has 0 spiro atoms. The fourth-order valence-electron chi connectivity index (χ4n) is 3.04. The zero-order valence-corrected chi connectivity index (χ0v) is 16.8. The Bertz CT molecular complexity index is 1040. The van der Waals surface area contributed by atoms with Crippen LogP contribution in [0, 0.1) is 11.8 Å². The number of nitrogens with one attached hydrogen (secondary N) is 1. The van der Waals surface area contributed by atoms with E-state index in [2.05, 4.69) is 26.8 Å². The van der Waals surface area contributed by atoms with Crippen molar-refractivity contribution in [3.05, 3.63) is 18.1 Å². The van der Waals surface area contributed by atoms with E-state index in [1.807, 2.05) is 0 Å². The van der Waals surface area contributed by atoms with Crippen LogP contribution in [0.15, 0.2) is 17.5 Å². The minimum atomic E-state index is -4.97. The summed E-state index contributed by atoms with van der Waals surface area (Å²) in [5.74, 6) is 3.56. The van der Waals surface area contributed by atoms with Crippen LogP contribution in [0.3, 0.4) is 0 Å². The highest BCUT2D eigenvalue weighted by Crippen LogP contribution is 2.34. The van der Waals surface area contributed by atoms with Gasteiger partial charge in [0.1, 0.15) is 18.2 Å². The molecular weight excluding hydrogens is 417 g/mol. The van der Waals surface area contributed by atoms with Crippen LogP contribution in [0.4, 0.5) is 19.0 Å². The topological polar surface area (TPSA) is 105 Å². The smallest absolute Gasteiger partial charge is 0.394 e. The zero-order chi connectivity index (χ0) is 22.6. The molecule has 1 saturated heterocycles. The van der Waals surface area contributed by atoms with E-state index in [9.17, 15) is 23.1 Å². The zero-order valence-electron chi connectivity index (χ0n) is 16.8. The summed E-state index contributed by atoms with van der Waals surface area (Å²) in [5, 5.41) is 11.6. The first-order valence-electron chi connectivity index (χ1n) is 9.37. The molecule has 31 heavy (non-hydrogen) atoms. The lowest BCUT2D eigenvalue weighted by molar-refractivity contribution is -0.173. The van der Waals surface area contributed by atoms with Crippen molar-refractivity contribution in [3.8, 4) is 11.8 Å². The second-order valence-electron chi connectivity index (χ2n) is 7.01. The fraction of sp³-hybridized carbons (Fsp3) is 0.474. The predicted octanol–water partition coefficient (Wildman–Crippen LogP) is 1.35. The molecule has 1 fully saturated rings. The number of carbonyl (C=O) groups excluding carboxylic acids is 1. The number of ether oxygens (including phenoxy) is 1. The third-order valence-corrected chi connectivity index (χ3v) is 4.42. The maximum atomic E-state index is 12.3. The second-order valence-corrected chi connectivity index (χ2v) is 7.01. The van der Waals surface area contributed by atoms with Gasteiger partial charge in [-0.05, 0) is 12.8 Å². The molecule has 1 unspecified atom stereocenters. The Labute approximate surface area is 175 Å². The Balaban J connectivity index is 1.97. The van der Waals surface area contributed by atoms with Crippen molar-refractivity contribution in [2.24, 2.45) is 4.99 Å². The molecule has 2 N–H and O–H groups in total. The molecule has 166 valence electrons. The number of rotatable bonds is 5. The average molecular weight is 438 g/mol. The molecule has 2 atom stereocenters. The van der Waals surface area contributed by atoms with Gasteiger partial charge in [-0.1, -0.05) is 11.8 Å². The minimum absolute atomic E-state index is 0.103. The number of carbonyl (C=O) groups is 1. The van der Waals surface area contributed by atoms with Crippen LogP contribution in [0.5, 0.6) is 0 Å². The molecule has 0 bridgehead atoms. The third-order valence-electron chi connectivity index (χ3n) is 4.42. The van der Waals surface area contributed by atoms with Gasteiger partial charge in [-0.3, -0.25) is 4.79 Å². The number of alkyl halides is 3. The van der Waals surface area contributed by atoms with Crippen LogP contribution >= 0.6 is 0 Å². The van der Waals surface area contributed by atoms with Gasteiger partial charge >= 0.3 is 12.1 Å². The molecule has 1 amide bonds.